The van der Waals surface area contributed by atoms with E-state index in [1.165, 1.54) is 17.1 Å². The van der Waals surface area contributed by atoms with Crippen LogP contribution in [-0.2, 0) is 17.8 Å². The molecule has 0 atom stereocenters. The first kappa shape index (κ1) is 27.1. The molecule has 1 amide bonds. The predicted molar refractivity (Wildman–Crippen MR) is 160 cm³/mol. The van der Waals surface area contributed by atoms with Gasteiger partial charge in [0.1, 0.15) is 5.82 Å². The fourth-order valence-corrected chi connectivity index (χ4v) is 5.38. The van der Waals surface area contributed by atoms with Gasteiger partial charge in [-0.3, -0.25) is 9.69 Å². The van der Waals surface area contributed by atoms with Crippen molar-refractivity contribution in [1.29, 1.82) is 0 Å². The summed E-state index contributed by atoms with van der Waals surface area (Å²) in [6.45, 7) is 4.97. The highest BCUT2D eigenvalue weighted by Gasteiger charge is 2.24. The van der Waals surface area contributed by atoms with Crippen LogP contribution in [-0.4, -0.2) is 64.3 Å². The minimum atomic E-state index is 0.125. The minimum Gasteiger partial charge on any atom is -0.339 e. The lowest BCUT2D eigenvalue weighted by Crippen LogP contribution is -2.51. The maximum atomic E-state index is 13.4. The third kappa shape index (κ3) is 7.99. The van der Waals surface area contributed by atoms with Crippen LogP contribution in [0.4, 0.5) is 5.13 Å². The van der Waals surface area contributed by atoms with Crippen molar-refractivity contribution in [3.05, 3.63) is 119 Å². The number of benzene rings is 3. The SMILES string of the molecule is O=C(CN(Cc1ccccc1)c1nc(Cc2ccc(Cl)cc2)ns1)N1CCN(CC=Cc2ccccc2)CC1. The molecule has 3 aromatic carbocycles. The van der Waals surface area contributed by atoms with E-state index in [-0.39, 0.29) is 12.5 Å². The number of halogens is 1. The molecule has 2 heterocycles. The Hall–Kier alpha value is -3.52. The van der Waals surface area contributed by atoms with Crippen LogP contribution < -0.4 is 4.90 Å². The molecule has 8 heteroatoms. The Morgan fingerprint density at radius 2 is 1.59 bits per heavy atom. The van der Waals surface area contributed by atoms with Crippen molar-refractivity contribution in [2.45, 2.75) is 13.0 Å². The zero-order chi connectivity index (χ0) is 26.9. The van der Waals surface area contributed by atoms with Crippen LogP contribution >= 0.6 is 23.1 Å². The number of aromatic nitrogens is 2. The lowest BCUT2D eigenvalue weighted by molar-refractivity contribution is -0.131. The van der Waals surface area contributed by atoms with Crippen LogP contribution in [0.5, 0.6) is 0 Å². The number of carbonyl (C=O) groups is 1. The Kier molecular flexibility index (Phi) is 9.38. The summed E-state index contributed by atoms with van der Waals surface area (Å²) in [5.41, 5.74) is 3.44. The maximum Gasteiger partial charge on any atom is 0.242 e. The Morgan fingerprint density at radius 1 is 0.897 bits per heavy atom. The maximum absolute atomic E-state index is 13.4. The molecule has 0 bridgehead atoms. The van der Waals surface area contributed by atoms with Crippen molar-refractivity contribution in [3.63, 3.8) is 0 Å². The molecular weight excluding hydrogens is 526 g/mol. The van der Waals surface area contributed by atoms with Crippen LogP contribution in [0.25, 0.3) is 6.08 Å². The third-order valence-electron chi connectivity index (χ3n) is 6.74. The molecule has 6 nitrogen and oxygen atoms in total. The summed E-state index contributed by atoms with van der Waals surface area (Å²) in [5, 5.41) is 1.48. The van der Waals surface area contributed by atoms with Gasteiger partial charge in [-0.1, -0.05) is 96.5 Å². The number of hydrogen-bond donors (Lipinski definition) is 0. The first-order valence-electron chi connectivity index (χ1n) is 13.2. The van der Waals surface area contributed by atoms with Crippen molar-refractivity contribution in [2.75, 3.05) is 44.2 Å². The Balaban J connectivity index is 1.19. The van der Waals surface area contributed by atoms with E-state index in [1.807, 2.05) is 65.6 Å². The molecule has 0 spiro atoms. The van der Waals surface area contributed by atoms with E-state index >= 15 is 0 Å². The van der Waals surface area contributed by atoms with Gasteiger partial charge in [0.05, 0.1) is 6.54 Å². The molecule has 5 rings (SSSR count). The van der Waals surface area contributed by atoms with Crippen LogP contribution in [0.15, 0.2) is 91.0 Å². The zero-order valence-corrected chi connectivity index (χ0v) is 23.4. The molecule has 4 aromatic rings. The van der Waals surface area contributed by atoms with Gasteiger partial charge < -0.3 is 9.80 Å². The highest BCUT2D eigenvalue weighted by molar-refractivity contribution is 7.09. The van der Waals surface area contributed by atoms with Crippen LogP contribution in [0.2, 0.25) is 5.02 Å². The van der Waals surface area contributed by atoms with E-state index < -0.39 is 0 Å². The van der Waals surface area contributed by atoms with Gasteiger partial charge in [0.25, 0.3) is 0 Å². The van der Waals surface area contributed by atoms with Crippen molar-refractivity contribution < 1.29 is 4.79 Å². The number of carbonyl (C=O) groups excluding carboxylic acids is 1. The average Bonchev–Trinajstić information content (AvgIpc) is 3.44. The molecule has 1 fully saturated rings. The van der Waals surface area contributed by atoms with E-state index in [0.29, 0.717) is 18.0 Å². The Morgan fingerprint density at radius 3 is 2.31 bits per heavy atom. The topological polar surface area (TPSA) is 52.6 Å². The summed E-state index contributed by atoms with van der Waals surface area (Å²) in [7, 11) is 0. The van der Waals surface area contributed by atoms with E-state index in [2.05, 4.69) is 50.6 Å². The number of rotatable bonds is 10. The van der Waals surface area contributed by atoms with E-state index in [1.54, 1.807) is 0 Å². The van der Waals surface area contributed by atoms with Crippen LogP contribution in [0.1, 0.15) is 22.5 Å². The molecule has 1 aliphatic rings. The molecule has 39 heavy (non-hydrogen) atoms. The molecule has 0 unspecified atom stereocenters. The van der Waals surface area contributed by atoms with Gasteiger partial charge >= 0.3 is 0 Å². The molecule has 0 N–H and O–H groups in total. The minimum absolute atomic E-state index is 0.125. The number of piperazine rings is 1. The largest absolute Gasteiger partial charge is 0.339 e. The van der Waals surface area contributed by atoms with Crippen LogP contribution in [0.3, 0.4) is 0 Å². The highest BCUT2D eigenvalue weighted by Crippen LogP contribution is 2.22. The molecule has 1 aliphatic heterocycles. The van der Waals surface area contributed by atoms with Crippen molar-refractivity contribution >= 4 is 40.2 Å². The normalized spacial score (nSPS) is 14.1. The van der Waals surface area contributed by atoms with Gasteiger partial charge in [-0.2, -0.15) is 4.37 Å². The number of hydrogen-bond acceptors (Lipinski definition) is 6. The smallest absolute Gasteiger partial charge is 0.242 e. The number of amides is 1. The summed E-state index contributed by atoms with van der Waals surface area (Å²) < 4.78 is 4.59. The molecule has 1 aromatic heterocycles. The second kappa shape index (κ2) is 13.5. The Bertz CT molecular complexity index is 1350. The summed E-state index contributed by atoms with van der Waals surface area (Å²) in [5.74, 6) is 0.875. The number of anilines is 1. The van der Waals surface area contributed by atoms with Gasteiger partial charge in [0, 0.05) is 62.2 Å². The Labute approximate surface area is 239 Å². The molecular formula is C31H32ClN5OS. The fourth-order valence-electron chi connectivity index (χ4n) is 4.57. The fraction of sp³-hybridized carbons (Fsp3) is 0.258. The van der Waals surface area contributed by atoms with Gasteiger partial charge in [0.2, 0.25) is 11.0 Å². The van der Waals surface area contributed by atoms with Gasteiger partial charge in [-0.05, 0) is 28.8 Å². The standard InChI is InChI=1S/C31H32ClN5OS/c32-28-15-13-26(14-16-28)22-29-33-31(39-34-29)37(23-27-10-5-2-6-11-27)24-30(38)36-20-18-35(19-21-36)17-7-12-25-8-3-1-4-9-25/h1-16H,17-24H2. The van der Waals surface area contributed by atoms with Crippen molar-refractivity contribution in [1.82, 2.24) is 19.2 Å². The molecule has 0 aliphatic carbocycles. The molecule has 1 saturated heterocycles. The average molecular weight is 558 g/mol. The summed E-state index contributed by atoms with van der Waals surface area (Å²) in [6.07, 6.45) is 4.98. The first-order valence-corrected chi connectivity index (χ1v) is 14.3. The third-order valence-corrected chi connectivity index (χ3v) is 7.81. The van der Waals surface area contributed by atoms with E-state index in [4.69, 9.17) is 16.6 Å². The molecule has 200 valence electrons. The monoisotopic (exact) mass is 557 g/mol. The molecule has 0 radical (unpaired) electrons. The summed E-state index contributed by atoms with van der Waals surface area (Å²) >= 11 is 7.37. The van der Waals surface area contributed by atoms with E-state index in [9.17, 15) is 4.79 Å². The second-order valence-electron chi connectivity index (χ2n) is 9.63. The number of nitrogens with zero attached hydrogens (tertiary/aromatic N) is 5. The first-order chi connectivity index (χ1) is 19.1. The second-order valence-corrected chi connectivity index (χ2v) is 10.8. The van der Waals surface area contributed by atoms with Gasteiger partial charge in [0.15, 0.2) is 0 Å². The van der Waals surface area contributed by atoms with E-state index in [0.717, 1.165) is 54.8 Å². The zero-order valence-electron chi connectivity index (χ0n) is 21.8. The highest BCUT2D eigenvalue weighted by atomic mass is 35.5. The summed E-state index contributed by atoms with van der Waals surface area (Å²) in [6, 6.07) is 28.3. The lowest BCUT2D eigenvalue weighted by atomic mass is 10.1. The van der Waals surface area contributed by atoms with Crippen molar-refractivity contribution in [2.24, 2.45) is 0 Å². The van der Waals surface area contributed by atoms with Crippen LogP contribution in [0, 0.1) is 0 Å². The molecule has 0 saturated carbocycles. The van der Waals surface area contributed by atoms with Gasteiger partial charge in [-0.15, -0.1) is 0 Å². The quantitative estimate of drug-likeness (QED) is 0.252. The van der Waals surface area contributed by atoms with Gasteiger partial charge in [-0.25, -0.2) is 4.98 Å². The van der Waals surface area contributed by atoms with Crippen molar-refractivity contribution in [3.8, 4) is 0 Å². The summed E-state index contributed by atoms with van der Waals surface area (Å²) in [4.78, 5) is 24.6. The lowest BCUT2D eigenvalue weighted by Gasteiger charge is -2.35. The predicted octanol–water partition coefficient (Wildman–Crippen LogP) is 5.65.